The van der Waals surface area contributed by atoms with Crippen LogP contribution in [-0.2, 0) is 4.79 Å². The molecule has 3 atom stereocenters. The lowest BCUT2D eigenvalue weighted by Gasteiger charge is -2.27. The second-order valence-corrected chi connectivity index (χ2v) is 6.30. The van der Waals surface area contributed by atoms with Crippen molar-refractivity contribution in [3.8, 4) is 0 Å². The first kappa shape index (κ1) is 16.0. The summed E-state index contributed by atoms with van der Waals surface area (Å²) in [4.78, 5) is 12.0. The largest absolute Gasteiger partial charge is 0.481 e. The molecule has 0 saturated carbocycles. The van der Waals surface area contributed by atoms with E-state index in [9.17, 15) is 9.90 Å². The smallest absolute Gasteiger partial charge is 0.310 e. The average Bonchev–Trinajstić information content (AvgIpc) is 2.81. The van der Waals surface area contributed by atoms with Crippen LogP contribution in [0.15, 0.2) is 54.6 Å². The zero-order chi connectivity index (χ0) is 16.6. The minimum atomic E-state index is -0.796. The molecule has 4 nitrogen and oxygen atoms in total. The van der Waals surface area contributed by atoms with Crippen molar-refractivity contribution in [1.82, 2.24) is 10.0 Å². The maximum atomic E-state index is 12.0. The quantitative estimate of drug-likeness (QED) is 0.933. The Labute approximate surface area is 140 Å². The highest BCUT2D eigenvalue weighted by atomic mass is 35.5. The van der Waals surface area contributed by atoms with Gasteiger partial charge in [0.15, 0.2) is 0 Å². The molecule has 0 radical (unpaired) electrons. The van der Waals surface area contributed by atoms with Crippen LogP contribution in [0, 0.1) is 5.92 Å². The number of aliphatic carboxylic acids is 1. The number of hydrazine groups is 1. The Morgan fingerprint density at radius 2 is 1.39 bits per heavy atom. The summed E-state index contributed by atoms with van der Waals surface area (Å²) in [6.07, 6.45) is 0. The molecule has 1 aliphatic rings. The number of rotatable bonds is 3. The first-order chi connectivity index (χ1) is 11.0. The number of nitrogens with zero attached hydrogens (tertiary/aromatic N) is 2. The number of carboxylic acid groups (broad SMARTS) is 1. The van der Waals surface area contributed by atoms with Gasteiger partial charge in [-0.25, -0.2) is 10.0 Å². The fraction of sp³-hybridized carbons (Fsp3) is 0.278. The summed E-state index contributed by atoms with van der Waals surface area (Å²) < 4.78 is 0. The average molecular weight is 331 g/mol. The van der Waals surface area contributed by atoms with Crippen molar-refractivity contribution in [3.63, 3.8) is 0 Å². The maximum absolute atomic E-state index is 12.0. The van der Waals surface area contributed by atoms with E-state index in [4.69, 9.17) is 11.6 Å². The van der Waals surface area contributed by atoms with Crippen LogP contribution in [0.2, 0.25) is 5.02 Å². The normalized spacial score (nSPS) is 25.6. The van der Waals surface area contributed by atoms with Gasteiger partial charge in [0.05, 0.1) is 18.0 Å². The molecule has 0 bridgehead atoms. The Kier molecular flexibility index (Phi) is 4.39. The summed E-state index contributed by atoms with van der Waals surface area (Å²) in [7, 11) is 3.86. The van der Waals surface area contributed by atoms with Crippen molar-refractivity contribution in [2.24, 2.45) is 5.92 Å². The van der Waals surface area contributed by atoms with Crippen molar-refractivity contribution in [2.45, 2.75) is 12.1 Å². The molecule has 23 heavy (non-hydrogen) atoms. The Morgan fingerprint density at radius 1 is 0.913 bits per heavy atom. The van der Waals surface area contributed by atoms with Crippen LogP contribution in [0.25, 0.3) is 0 Å². The number of hydrogen-bond donors (Lipinski definition) is 1. The highest BCUT2D eigenvalue weighted by Gasteiger charge is 2.49. The van der Waals surface area contributed by atoms with E-state index >= 15 is 0 Å². The zero-order valence-electron chi connectivity index (χ0n) is 13.1. The van der Waals surface area contributed by atoms with Crippen LogP contribution in [0.5, 0.6) is 0 Å². The molecule has 1 heterocycles. The molecule has 0 spiro atoms. The van der Waals surface area contributed by atoms with Gasteiger partial charge in [0.1, 0.15) is 0 Å². The predicted octanol–water partition coefficient (Wildman–Crippen LogP) is 3.62. The van der Waals surface area contributed by atoms with E-state index in [1.807, 2.05) is 66.6 Å². The lowest BCUT2D eigenvalue weighted by atomic mass is 9.85. The van der Waals surface area contributed by atoms with Crippen molar-refractivity contribution in [1.29, 1.82) is 0 Å². The van der Waals surface area contributed by atoms with Crippen LogP contribution >= 0.6 is 11.6 Å². The van der Waals surface area contributed by atoms with Crippen LogP contribution < -0.4 is 0 Å². The van der Waals surface area contributed by atoms with Crippen molar-refractivity contribution in [3.05, 3.63) is 70.7 Å². The third kappa shape index (κ3) is 2.85. The summed E-state index contributed by atoms with van der Waals surface area (Å²) in [5.41, 5.74) is 1.96. The molecule has 1 saturated heterocycles. The fourth-order valence-electron chi connectivity index (χ4n) is 3.46. The lowest BCUT2D eigenvalue weighted by molar-refractivity contribution is -0.143. The standard InChI is InChI=1S/C18H19ClN2O2/c1-20-16(12-6-4-3-5-7-12)15(18(22)23)17(21(20)2)13-8-10-14(19)11-9-13/h3-11,15-17H,1-2H3,(H,22,23)/t15-,16-,17-/m1/s1. The van der Waals surface area contributed by atoms with E-state index in [-0.39, 0.29) is 12.1 Å². The fourth-order valence-corrected chi connectivity index (χ4v) is 3.58. The SMILES string of the molecule is CN1[C@H](c2ccccc2)[C@@H](C(=O)O)[C@@H](c2ccc(Cl)cc2)N1C. The van der Waals surface area contributed by atoms with E-state index in [1.54, 1.807) is 12.1 Å². The van der Waals surface area contributed by atoms with Crippen molar-refractivity contribution >= 4 is 17.6 Å². The second-order valence-electron chi connectivity index (χ2n) is 5.86. The third-order valence-corrected chi connectivity index (χ3v) is 4.87. The van der Waals surface area contributed by atoms with E-state index in [0.717, 1.165) is 11.1 Å². The first-order valence-corrected chi connectivity index (χ1v) is 7.87. The van der Waals surface area contributed by atoms with Gasteiger partial charge in [-0.1, -0.05) is 54.1 Å². The summed E-state index contributed by atoms with van der Waals surface area (Å²) in [6, 6.07) is 16.8. The molecular weight excluding hydrogens is 312 g/mol. The van der Waals surface area contributed by atoms with Crippen molar-refractivity contribution in [2.75, 3.05) is 14.1 Å². The molecule has 0 unspecified atom stereocenters. The Hall–Kier alpha value is -1.88. The molecule has 120 valence electrons. The van der Waals surface area contributed by atoms with Crippen LogP contribution in [0.1, 0.15) is 23.2 Å². The first-order valence-electron chi connectivity index (χ1n) is 7.49. The highest BCUT2D eigenvalue weighted by Crippen LogP contribution is 2.47. The van der Waals surface area contributed by atoms with Gasteiger partial charge in [-0.15, -0.1) is 0 Å². The number of hydrogen-bond acceptors (Lipinski definition) is 3. The molecule has 1 aliphatic heterocycles. The van der Waals surface area contributed by atoms with Gasteiger partial charge >= 0.3 is 5.97 Å². The van der Waals surface area contributed by atoms with Gasteiger partial charge < -0.3 is 5.11 Å². The molecular formula is C18H19ClN2O2. The molecule has 2 aromatic carbocycles. The third-order valence-electron chi connectivity index (χ3n) is 4.62. The monoisotopic (exact) mass is 330 g/mol. The van der Waals surface area contributed by atoms with Gasteiger partial charge in [0.2, 0.25) is 0 Å². The van der Waals surface area contributed by atoms with Crippen molar-refractivity contribution < 1.29 is 9.90 Å². The highest BCUT2D eigenvalue weighted by molar-refractivity contribution is 6.30. The molecule has 0 amide bonds. The van der Waals surface area contributed by atoms with Gasteiger partial charge in [-0.2, -0.15) is 0 Å². The topological polar surface area (TPSA) is 43.8 Å². The van der Waals surface area contributed by atoms with Crippen LogP contribution in [0.4, 0.5) is 0 Å². The Balaban J connectivity index is 2.06. The molecule has 2 aromatic rings. The number of halogens is 1. The maximum Gasteiger partial charge on any atom is 0.310 e. The van der Waals surface area contributed by atoms with Crippen LogP contribution in [-0.4, -0.2) is 35.2 Å². The Morgan fingerprint density at radius 3 is 1.87 bits per heavy atom. The molecule has 1 fully saturated rings. The van der Waals surface area contributed by atoms with Crippen LogP contribution in [0.3, 0.4) is 0 Å². The number of carboxylic acids is 1. The molecule has 3 rings (SSSR count). The minimum Gasteiger partial charge on any atom is -0.481 e. The van der Waals surface area contributed by atoms with Gasteiger partial charge in [0, 0.05) is 19.1 Å². The molecule has 0 aromatic heterocycles. The second kappa shape index (κ2) is 6.32. The lowest BCUT2D eigenvalue weighted by Crippen LogP contribution is -2.32. The zero-order valence-corrected chi connectivity index (χ0v) is 13.8. The molecule has 0 aliphatic carbocycles. The predicted molar refractivity (Wildman–Crippen MR) is 90.0 cm³/mol. The van der Waals surface area contributed by atoms with Gasteiger partial charge in [0.25, 0.3) is 0 Å². The minimum absolute atomic E-state index is 0.209. The summed E-state index contributed by atoms with van der Waals surface area (Å²) >= 11 is 5.97. The summed E-state index contributed by atoms with van der Waals surface area (Å²) in [5, 5.41) is 14.5. The van der Waals surface area contributed by atoms with Gasteiger partial charge in [-0.3, -0.25) is 4.79 Å². The molecule has 5 heteroatoms. The van der Waals surface area contributed by atoms with E-state index in [1.165, 1.54) is 0 Å². The van der Waals surface area contributed by atoms with E-state index in [0.29, 0.717) is 5.02 Å². The summed E-state index contributed by atoms with van der Waals surface area (Å²) in [5.74, 6) is -1.36. The Bertz CT molecular complexity index is 690. The summed E-state index contributed by atoms with van der Waals surface area (Å²) in [6.45, 7) is 0. The van der Waals surface area contributed by atoms with E-state index in [2.05, 4.69) is 0 Å². The number of benzene rings is 2. The molecule has 1 N–H and O–H groups in total. The number of carbonyl (C=O) groups is 1. The van der Waals surface area contributed by atoms with E-state index < -0.39 is 11.9 Å². The van der Waals surface area contributed by atoms with Gasteiger partial charge in [-0.05, 0) is 23.3 Å².